The maximum absolute atomic E-state index is 12.3. The Morgan fingerprint density at radius 3 is 2.52 bits per heavy atom. The average molecular weight is 396 g/mol. The number of urea groups is 1. The smallest absolute Gasteiger partial charge is 0.315 e. The fourth-order valence-electron chi connectivity index (χ4n) is 4.28. The molecular formula is C23H29N3O3. The molecule has 2 amide bonds. The number of carbonyl (C=O) groups excluding carboxylic acids is 1. The Bertz CT molecular complexity index is 779. The Morgan fingerprint density at radius 1 is 1.07 bits per heavy atom. The van der Waals surface area contributed by atoms with Gasteiger partial charge in [-0.15, -0.1) is 0 Å². The number of hydrogen-bond acceptors (Lipinski definition) is 4. The number of para-hydroxylation sites is 1. The van der Waals surface area contributed by atoms with Crippen LogP contribution in [0.1, 0.15) is 44.1 Å². The van der Waals surface area contributed by atoms with Crippen molar-refractivity contribution in [2.45, 2.75) is 51.1 Å². The summed E-state index contributed by atoms with van der Waals surface area (Å²) in [5.41, 5.74) is 1.40. The van der Waals surface area contributed by atoms with Crippen LogP contribution in [-0.4, -0.2) is 30.3 Å². The predicted octanol–water partition coefficient (Wildman–Crippen LogP) is 4.41. The summed E-state index contributed by atoms with van der Waals surface area (Å²) >= 11 is 0. The third-order valence-electron chi connectivity index (χ3n) is 6.15. The molecule has 1 aliphatic heterocycles. The molecule has 1 aliphatic carbocycles. The number of ether oxygens (including phenoxy) is 2. The number of benzene rings is 1. The van der Waals surface area contributed by atoms with E-state index >= 15 is 0 Å². The van der Waals surface area contributed by atoms with Crippen LogP contribution < -0.4 is 15.4 Å². The quantitative estimate of drug-likeness (QED) is 0.786. The lowest BCUT2D eigenvalue weighted by atomic mass is 9.68. The van der Waals surface area contributed by atoms with E-state index in [4.69, 9.17) is 9.47 Å². The first-order valence-electron chi connectivity index (χ1n) is 10.5. The highest BCUT2D eigenvalue weighted by Gasteiger charge is 2.36. The molecule has 2 heterocycles. The molecule has 1 saturated carbocycles. The van der Waals surface area contributed by atoms with Gasteiger partial charge < -0.3 is 20.1 Å². The van der Waals surface area contributed by atoms with E-state index in [2.05, 4.69) is 15.6 Å². The summed E-state index contributed by atoms with van der Waals surface area (Å²) in [7, 11) is 0. The molecule has 0 bridgehead atoms. The van der Waals surface area contributed by atoms with Crippen molar-refractivity contribution in [1.82, 2.24) is 15.6 Å². The number of nitrogens with zero attached hydrogens (tertiary/aromatic N) is 1. The van der Waals surface area contributed by atoms with E-state index < -0.39 is 0 Å². The second-order valence-corrected chi connectivity index (χ2v) is 8.13. The first-order chi connectivity index (χ1) is 14.2. The van der Waals surface area contributed by atoms with Crippen LogP contribution in [0.15, 0.2) is 48.7 Å². The monoisotopic (exact) mass is 395 g/mol. The summed E-state index contributed by atoms with van der Waals surface area (Å²) in [6, 6.07) is 13.4. The zero-order valence-corrected chi connectivity index (χ0v) is 16.7. The molecule has 2 aromatic rings. The molecule has 0 atom stereocenters. The van der Waals surface area contributed by atoms with Crippen molar-refractivity contribution >= 4 is 6.03 Å². The largest absolute Gasteiger partial charge is 0.439 e. The highest BCUT2D eigenvalue weighted by Crippen LogP contribution is 2.44. The second kappa shape index (κ2) is 9.27. The van der Waals surface area contributed by atoms with Gasteiger partial charge in [0, 0.05) is 38.1 Å². The molecule has 0 unspecified atom stereocenters. The molecule has 29 heavy (non-hydrogen) atoms. The Kier molecular flexibility index (Phi) is 6.30. The van der Waals surface area contributed by atoms with Crippen molar-refractivity contribution in [3.05, 3.63) is 54.2 Å². The summed E-state index contributed by atoms with van der Waals surface area (Å²) in [4.78, 5) is 16.6. The fraction of sp³-hybridized carbons (Fsp3) is 0.478. The van der Waals surface area contributed by atoms with Crippen LogP contribution >= 0.6 is 0 Å². The van der Waals surface area contributed by atoms with Crippen LogP contribution in [0.4, 0.5) is 4.79 Å². The van der Waals surface area contributed by atoms with E-state index in [9.17, 15) is 4.79 Å². The van der Waals surface area contributed by atoms with E-state index in [1.54, 1.807) is 6.20 Å². The van der Waals surface area contributed by atoms with Gasteiger partial charge in [-0.3, -0.25) is 0 Å². The minimum absolute atomic E-state index is 0.109. The van der Waals surface area contributed by atoms with Gasteiger partial charge in [-0.2, -0.15) is 0 Å². The van der Waals surface area contributed by atoms with E-state index in [-0.39, 0.29) is 12.1 Å². The molecule has 0 radical (unpaired) electrons. The molecule has 1 saturated heterocycles. The van der Waals surface area contributed by atoms with Gasteiger partial charge >= 0.3 is 6.03 Å². The van der Waals surface area contributed by atoms with Crippen LogP contribution in [0.3, 0.4) is 0 Å². The van der Waals surface area contributed by atoms with Gasteiger partial charge in [0.25, 0.3) is 0 Å². The van der Waals surface area contributed by atoms with Gasteiger partial charge in [0.1, 0.15) is 5.75 Å². The molecule has 6 heteroatoms. The zero-order valence-electron chi connectivity index (χ0n) is 16.7. The Hall–Kier alpha value is -2.60. The van der Waals surface area contributed by atoms with Gasteiger partial charge in [0.2, 0.25) is 5.88 Å². The molecule has 1 spiro atoms. The van der Waals surface area contributed by atoms with Gasteiger partial charge in [-0.1, -0.05) is 24.3 Å². The Balaban J connectivity index is 1.19. The Morgan fingerprint density at radius 2 is 1.83 bits per heavy atom. The van der Waals surface area contributed by atoms with Crippen molar-refractivity contribution in [2.75, 3.05) is 13.2 Å². The van der Waals surface area contributed by atoms with Crippen molar-refractivity contribution in [2.24, 2.45) is 5.41 Å². The van der Waals surface area contributed by atoms with E-state index in [1.807, 2.05) is 42.5 Å². The van der Waals surface area contributed by atoms with Gasteiger partial charge in [0.05, 0.1) is 0 Å². The lowest BCUT2D eigenvalue weighted by molar-refractivity contribution is -0.00860. The first-order valence-corrected chi connectivity index (χ1v) is 10.5. The highest BCUT2D eigenvalue weighted by atomic mass is 16.5. The predicted molar refractivity (Wildman–Crippen MR) is 111 cm³/mol. The number of amides is 2. The number of pyridine rings is 1. The number of carbonyl (C=O) groups is 1. The topological polar surface area (TPSA) is 72.5 Å². The molecule has 2 N–H and O–H groups in total. The molecule has 1 aromatic heterocycles. The van der Waals surface area contributed by atoms with Crippen LogP contribution in [0, 0.1) is 5.41 Å². The van der Waals surface area contributed by atoms with Crippen LogP contribution in [-0.2, 0) is 11.3 Å². The van der Waals surface area contributed by atoms with Crippen LogP contribution in [0.25, 0.3) is 0 Å². The number of aromatic nitrogens is 1. The molecular weight excluding hydrogens is 366 g/mol. The van der Waals surface area contributed by atoms with Crippen molar-refractivity contribution in [1.29, 1.82) is 0 Å². The summed E-state index contributed by atoms with van der Waals surface area (Å²) in [6.07, 6.45) is 8.56. The minimum atomic E-state index is -0.109. The maximum Gasteiger partial charge on any atom is 0.315 e. The van der Waals surface area contributed by atoms with E-state index in [0.717, 1.165) is 37.4 Å². The first kappa shape index (κ1) is 19.7. The average Bonchev–Trinajstić information content (AvgIpc) is 2.76. The molecule has 154 valence electrons. The van der Waals surface area contributed by atoms with Gasteiger partial charge in [-0.05, 0) is 61.6 Å². The van der Waals surface area contributed by atoms with Crippen molar-refractivity contribution in [3.8, 4) is 11.6 Å². The summed E-state index contributed by atoms with van der Waals surface area (Å²) in [6.45, 7) is 2.22. The van der Waals surface area contributed by atoms with Gasteiger partial charge in [0.15, 0.2) is 0 Å². The normalized spacial score (nSPS) is 18.9. The lowest BCUT2D eigenvalue weighted by Crippen LogP contribution is -2.45. The standard InChI is InChI=1S/C23H29N3O3/c27-22(26-19-8-10-23(11-9-19)12-14-28-15-13-23)25-17-18-6-7-21(24-16-18)29-20-4-2-1-3-5-20/h1-7,16,19H,8-15,17H2,(H2,25,26,27). The minimum Gasteiger partial charge on any atom is -0.439 e. The summed E-state index contributed by atoms with van der Waals surface area (Å²) in [5.74, 6) is 1.29. The molecule has 1 aromatic carbocycles. The van der Waals surface area contributed by atoms with Crippen LogP contribution in [0.5, 0.6) is 11.6 Å². The van der Waals surface area contributed by atoms with Crippen molar-refractivity contribution < 1.29 is 14.3 Å². The van der Waals surface area contributed by atoms with Crippen LogP contribution in [0.2, 0.25) is 0 Å². The maximum atomic E-state index is 12.3. The van der Waals surface area contributed by atoms with E-state index in [0.29, 0.717) is 17.8 Å². The number of nitrogens with one attached hydrogen (secondary N) is 2. The van der Waals surface area contributed by atoms with Gasteiger partial charge in [-0.25, -0.2) is 9.78 Å². The lowest BCUT2D eigenvalue weighted by Gasteiger charge is -2.42. The molecule has 4 rings (SSSR count). The fourth-order valence-corrected chi connectivity index (χ4v) is 4.28. The second-order valence-electron chi connectivity index (χ2n) is 8.13. The number of hydrogen-bond donors (Lipinski definition) is 2. The number of rotatable bonds is 5. The Labute approximate surface area is 172 Å². The molecule has 2 aliphatic rings. The summed E-state index contributed by atoms with van der Waals surface area (Å²) < 4.78 is 11.2. The third kappa shape index (κ3) is 5.48. The summed E-state index contributed by atoms with van der Waals surface area (Å²) in [5, 5.41) is 6.06. The highest BCUT2D eigenvalue weighted by molar-refractivity contribution is 5.74. The third-order valence-corrected chi connectivity index (χ3v) is 6.15. The van der Waals surface area contributed by atoms with Crippen molar-refractivity contribution in [3.63, 3.8) is 0 Å². The molecule has 2 fully saturated rings. The van der Waals surface area contributed by atoms with E-state index in [1.165, 1.54) is 25.7 Å². The zero-order chi connectivity index (χ0) is 19.9. The SMILES string of the molecule is O=C(NCc1ccc(Oc2ccccc2)nc1)NC1CCC2(CCOCC2)CC1. The molecule has 6 nitrogen and oxygen atoms in total.